The van der Waals surface area contributed by atoms with E-state index in [4.69, 9.17) is 31.2 Å². The molecule has 3 rings (SSSR count). The third kappa shape index (κ3) is 3.95. The molecule has 0 amide bonds. The summed E-state index contributed by atoms with van der Waals surface area (Å²) in [6.45, 7) is 3.41. The van der Waals surface area contributed by atoms with Crippen LogP contribution in [-0.2, 0) is 9.53 Å². The van der Waals surface area contributed by atoms with E-state index >= 15 is 0 Å². The van der Waals surface area contributed by atoms with Gasteiger partial charge in [-0.2, -0.15) is 0 Å². The summed E-state index contributed by atoms with van der Waals surface area (Å²) in [6.07, 6.45) is 0. The Hall–Kier alpha value is -3.33. The van der Waals surface area contributed by atoms with Crippen molar-refractivity contribution in [2.45, 2.75) is 19.9 Å². The number of benzene rings is 2. The summed E-state index contributed by atoms with van der Waals surface area (Å²) in [5, 5.41) is 3.47. The van der Waals surface area contributed by atoms with Gasteiger partial charge >= 0.3 is 5.97 Å². The smallest absolute Gasteiger partial charge is 0.337 e. The van der Waals surface area contributed by atoms with Gasteiger partial charge in [0.1, 0.15) is 5.82 Å². The third-order valence-corrected chi connectivity index (χ3v) is 5.65. The highest BCUT2D eigenvalue weighted by atomic mass is 32.1. The molecule has 0 radical (unpaired) electrons. The Labute approximate surface area is 191 Å². The van der Waals surface area contributed by atoms with Gasteiger partial charge in [-0.1, -0.05) is 6.07 Å². The minimum Gasteiger partial charge on any atom is -0.493 e. The van der Waals surface area contributed by atoms with E-state index in [1.165, 1.54) is 34.5 Å². The van der Waals surface area contributed by atoms with Crippen LogP contribution in [0.2, 0.25) is 0 Å². The van der Waals surface area contributed by atoms with Crippen molar-refractivity contribution in [3.05, 3.63) is 58.5 Å². The topological polar surface area (TPSA) is 69.3 Å². The zero-order chi connectivity index (χ0) is 23.6. The molecule has 0 aliphatic carbocycles. The lowest BCUT2D eigenvalue weighted by molar-refractivity contribution is -0.136. The first-order chi connectivity index (χ1) is 15.3. The van der Waals surface area contributed by atoms with E-state index in [1.807, 2.05) is 0 Å². The Balaban J connectivity index is 2.23. The number of nitrogens with zero attached hydrogens (tertiary/aromatic N) is 1. The Morgan fingerprint density at radius 2 is 1.72 bits per heavy atom. The number of nitrogens with one attached hydrogen (secondary N) is 1. The maximum absolute atomic E-state index is 14.3. The Bertz CT molecular complexity index is 1100. The number of aryl methyl sites for hydroxylation is 1. The van der Waals surface area contributed by atoms with Gasteiger partial charge in [0.2, 0.25) is 5.75 Å². The summed E-state index contributed by atoms with van der Waals surface area (Å²) in [6, 6.07) is 7.55. The molecule has 0 saturated heterocycles. The Morgan fingerprint density at radius 3 is 2.28 bits per heavy atom. The quantitative estimate of drug-likeness (QED) is 0.512. The molecule has 1 N–H and O–H groups in total. The van der Waals surface area contributed by atoms with Crippen LogP contribution < -0.4 is 24.4 Å². The monoisotopic (exact) mass is 460 g/mol. The van der Waals surface area contributed by atoms with Crippen LogP contribution in [-0.4, -0.2) is 39.5 Å². The zero-order valence-corrected chi connectivity index (χ0v) is 19.6. The number of hydrogen-bond acceptors (Lipinski definition) is 6. The van der Waals surface area contributed by atoms with E-state index < -0.39 is 12.0 Å². The lowest BCUT2D eigenvalue weighted by Crippen LogP contribution is -2.48. The number of esters is 1. The van der Waals surface area contributed by atoms with Crippen molar-refractivity contribution in [2.75, 3.05) is 33.3 Å². The van der Waals surface area contributed by atoms with E-state index in [0.29, 0.717) is 50.4 Å². The summed E-state index contributed by atoms with van der Waals surface area (Å²) >= 11 is 5.61. The number of rotatable bonds is 6. The second-order valence-electron chi connectivity index (χ2n) is 7.07. The number of hydrogen-bond donors (Lipinski definition) is 1. The molecule has 32 heavy (non-hydrogen) atoms. The highest BCUT2D eigenvalue weighted by Crippen LogP contribution is 2.45. The second-order valence-corrected chi connectivity index (χ2v) is 7.45. The molecule has 9 heteroatoms. The first-order valence-corrected chi connectivity index (χ1v) is 10.1. The number of carbonyl (C=O) groups is 1. The molecule has 7 nitrogen and oxygen atoms in total. The Kier molecular flexibility index (Phi) is 6.88. The Morgan fingerprint density at radius 1 is 1.03 bits per heavy atom. The van der Waals surface area contributed by atoms with Gasteiger partial charge in [0.05, 0.1) is 45.7 Å². The van der Waals surface area contributed by atoms with Gasteiger partial charge in [0.15, 0.2) is 16.6 Å². The van der Waals surface area contributed by atoms with Crippen molar-refractivity contribution >= 4 is 29.0 Å². The van der Waals surface area contributed by atoms with Crippen LogP contribution in [0.15, 0.2) is 41.6 Å². The highest BCUT2D eigenvalue weighted by molar-refractivity contribution is 7.80. The number of allylic oxidation sites excluding steroid dienone is 1. The van der Waals surface area contributed by atoms with Crippen LogP contribution in [0.4, 0.5) is 10.1 Å². The fourth-order valence-corrected chi connectivity index (χ4v) is 4.09. The van der Waals surface area contributed by atoms with Gasteiger partial charge in [-0.3, -0.25) is 4.90 Å². The fourth-order valence-electron chi connectivity index (χ4n) is 3.73. The van der Waals surface area contributed by atoms with Gasteiger partial charge in [0.25, 0.3) is 0 Å². The summed E-state index contributed by atoms with van der Waals surface area (Å²) in [7, 11) is 5.82. The van der Waals surface area contributed by atoms with Gasteiger partial charge < -0.3 is 24.3 Å². The SMILES string of the molecule is COC(=O)C1=C(C)N(c2ccc(C)c(F)c2)C(=S)N[C@H]1c1ccc(OC)c(OC)c1OC. The number of ether oxygens (including phenoxy) is 4. The van der Waals surface area contributed by atoms with Crippen molar-refractivity contribution in [3.63, 3.8) is 0 Å². The lowest BCUT2D eigenvalue weighted by atomic mass is 9.93. The number of anilines is 1. The van der Waals surface area contributed by atoms with Crippen molar-refractivity contribution < 1.29 is 28.1 Å². The second kappa shape index (κ2) is 9.44. The van der Waals surface area contributed by atoms with Crippen molar-refractivity contribution in [1.29, 1.82) is 0 Å². The van der Waals surface area contributed by atoms with E-state index in [0.717, 1.165) is 0 Å². The third-order valence-electron chi connectivity index (χ3n) is 5.35. The average Bonchev–Trinajstić information content (AvgIpc) is 2.79. The van der Waals surface area contributed by atoms with Crippen molar-refractivity contribution in [2.24, 2.45) is 0 Å². The predicted molar refractivity (Wildman–Crippen MR) is 123 cm³/mol. The summed E-state index contributed by atoms with van der Waals surface area (Å²) in [5.74, 6) is 0.309. The van der Waals surface area contributed by atoms with Gasteiger partial charge in [-0.15, -0.1) is 0 Å². The first kappa shape index (κ1) is 23.3. The summed E-state index contributed by atoms with van der Waals surface area (Å²) < 4.78 is 35.8. The molecule has 170 valence electrons. The molecule has 0 fully saturated rings. The number of carbonyl (C=O) groups excluding carboxylic acids is 1. The maximum atomic E-state index is 14.3. The molecule has 2 aromatic rings. The zero-order valence-electron chi connectivity index (χ0n) is 18.7. The van der Waals surface area contributed by atoms with Crippen LogP contribution >= 0.6 is 12.2 Å². The molecular weight excluding hydrogens is 435 g/mol. The molecule has 0 unspecified atom stereocenters. The minimum absolute atomic E-state index is 0.292. The van der Waals surface area contributed by atoms with Crippen LogP contribution in [0.1, 0.15) is 24.1 Å². The lowest BCUT2D eigenvalue weighted by Gasteiger charge is -2.38. The molecule has 0 spiro atoms. The van der Waals surface area contributed by atoms with Crippen molar-refractivity contribution in [1.82, 2.24) is 5.32 Å². The van der Waals surface area contributed by atoms with Gasteiger partial charge in [0, 0.05) is 11.3 Å². The largest absolute Gasteiger partial charge is 0.493 e. The highest BCUT2D eigenvalue weighted by Gasteiger charge is 2.37. The molecule has 1 aliphatic rings. The predicted octanol–water partition coefficient (Wildman–Crippen LogP) is 4.04. The molecule has 1 atom stereocenters. The van der Waals surface area contributed by atoms with Gasteiger partial charge in [-0.05, 0) is 55.9 Å². The number of thiocarbonyl (C=S) groups is 1. The normalized spacial score (nSPS) is 15.9. The first-order valence-electron chi connectivity index (χ1n) is 9.73. The van der Waals surface area contributed by atoms with Crippen LogP contribution in [0.25, 0.3) is 0 Å². The standard InChI is InChI=1S/C23H25FN2O5S/c1-12-7-8-14(11-16(12)24)26-13(2)18(22(27)31-6)19(25-23(26)32)15-9-10-17(28-3)21(30-5)20(15)29-4/h7-11,19H,1-6H3,(H,25,32)/t19-/m0/s1. The van der Waals surface area contributed by atoms with E-state index in [-0.39, 0.29) is 5.82 Å². The molecule has 2 aromatic carbocycles. The van der Waals surface area contributed by atoms with E-state index in [9.17, 15) is 9.18 Å². The van der Waals surface area contributed by atoms with Crippen molar-refractivity contribution in [3.8, 4) is 17.2 Å². The molecular formula is C23H25FN2O5S. The summed E-state index contributed by atoms with van der Waals surface area (Å²) in [4.78, 5) is 14.5. The molecule has 0 saturated carbocycles. The number of methoxy groups -OCH3 is 4. The van der Waals surface area contributed by atoms with Crippen LogP contribution in [0.3, 0.4) is 0 Å². The fraction of sp³-hybridized carbons (Fsp3) is 0.304. The van der Waals surface area contributed by atoms with E-state index in [1.54, 1.807) is 43.0 Å². The van der Waals surface area contributed by atoms with Crippen LogP contribution in [0.5, 0.6) is 17.2 Å². The van der Waals surface area contributed by atoms with Crippen LogP contribution in [0, 0.1) is 12.7 Å². The average molecular weight is 461 g/mol. The molecule has 0 bridgehead atoms. The molecule has 1 heterocycles. The molecule has 0 aromatic heterocycles. The summed E-state index contributed by atoms with van der Waals surface area (Å²) in [5.41, 5.74) is 2.40. The van der Waals surface area contributed by atoms with E-state index in [2.05, 4.69) is 5.32 Å². The van der Waals surface area contributed by atoms with Gasteiger partial charge in [-0.25, -0.2) is 9.18 Å². The molecule has 1 aliphatic heterocycles. The minimum atomic E-state index is -0.698. The number of halogens is 1. The maximum Gasteiger partial charge on any atom is 0.337 e.